The van der Waals surface area contributed by atoms with E-state index in [9.17, 15) is 9.18 Å². The number of nitrogens with one attached hydrogen (secondary N) is 1. The molecule has 24 heavy (non-hydrogen) atoms. The van der Waals surface area contributed by atoms with Gasteiger partial charge in [0.1, 0.15) is 5.82 Å². The molecular formula is C18H26FN3O2. The molecule has 132 valence electrons. The van der Waals surface area contributed by atoms with Crippen molar-refractivity contribution in [2.24, 2.45) is 0 Å². The van der Waals surface area contributed by atoms with Crippen molar-refractivity contribution in [1.29, 1.82) is 0 Å². The molecule has 5 nitrogen and oxygen atoms in total. The Morgan fingerprint density at radius 3 is 2.79 bits per heavy atom. The maximum atomic E-state index is 13.0. The van der Waals surface area contributed by atoms with Gasteiger partial charge < -0.3 is 15.0 Å². The van der Waals surface area contributed by atoms with Crippen molar-refractivity contribution in [3.05, 3.63) is 35.6 Å². The maximum Gasteiger partial charge on any atom is 0.225 e. The number of morpholine rings is 1. The van der Waals surface area contributed by atoms with Crippen LogP contribution in [-0.2, 0) is 16.1 Å². The van der Waals surface area contributed by atoms with Crippen molar-refractivity contribution >= 4 is 5.91 Å². The minimum atomic E-state index is -0.203. The van der Waals surface area contributed by atoms with Crippen LogP contribution in [0.1, 0.15) is 18.4 Å². The summed E-state index contributed by atoms with van der Waals surface area (Å²) in [6.45, 7) is 6.49. The smallest absolute Gasteiger partial charge is 0.225 e. The molecule has 0 aromatic heterocycles. The Bertz CT molecular complexity index is 532. The van der Waals surface area contributed by atoms with Gasteiger partial charge in [0.2, 0.25) is 5.91 Å². The van der Waals surface area contributed by atoms with Gasteiger partial charge >= 0.3 is 0 Å². The number of rotatable bonds is 4. The molecule has 0 radical (unpaired) electrons. The van der Waals surface area contributed by atoms with Crippen LogP contribution in [0.5, 0.6) is 0 Å². The zero-order valence-electron chi connectivity index (χ0n) is 14.0. The molecule has 6 heteroatoms. The quantitative estimate of drug-likeness (QED) is 0.899. The van der Waals surface area contributed by atoms with Gasteiger partial charge in [-0.15, -0.1) is 0 Å². The van der Waals surface area contributed by atoms with Crippen molar-refractivity contribution in [3.8, 4) is 0 Å². The first-order valence-electron chi connectivity index (χ1n) is 8.77. The van der Waals surface area contributed by atoms with E-state index in [1.165, 1.54) is 12.1 Å². The molecule has 2 aliphatic heterocycles. The monoisotopic (exact) mass is 335 g/mol. The molecule has 0 aliphatic carbocycles. The van der Waals surface area contributed by atoms with Crippen molar-refractivity contribution < 1.29 is 13.9 Å². The van der Waals surface area contributed by atoms with E-state index in [0.29, 0.717) is 13.0 Å². The van der Waals surface area contributed by atoms with Crippen molar-refractivity contribution in [2.75, 3.05) is 45.9 Å². The van der Waals surface area contributed by atoms with Gasteiger partial charge in [-0.25, -0.2) is 4.39 Å². The van der Waals surface area contributed by atoms with Gasteiger partial charge in [0.05, 0.1) is 19.1 Å². The number of benzene rings is 1. The standard InChI is InChI=1S/C18H26FN3O2/c19-16-4-2-15(3-5-16)14-21-7-1-8-22(10-9-21)18(23)12-17-13-20-6-11-24-17/h2-5,17,20H,1,6-14H2. The summed E-state index contributed by atoms with van der Waals surface area (Å²) in [7, 11) is 0. The largest absolute Gasteiger partial charge is 0.375 e. The Morgan fingerprint density at radius 2 is 2.04 bits per heavy atom. The van der Waals surface area contributed by atoms with E-state index in [2.05, 4.69) is 10.2 Å². The lowest BCUT2D eigenvalue weighted by atomic mass is 10.2. The molecule has 1 N–H and O–H groups in total. The summed E-state index contributed by atoms with van der Waals surface area (Å²) in [5.74, 6) is -0.0156. The van der Waals surface area contributed by atoms with E-state index in [4.69, 9.17) is 4.74 Å². The Balaban J connectivity index is 1.47. The third kappa shape index (κ3) is 5.00. The highest BCUT2D eigenvalue weighted by Crippen LogP contribution is 2.12. The summed E-state index contributed by atoms with van der Waals surface area (Å²) in [5, 5.41) is 3.26. The van der Waals surface area contributed by atoms with E-state index < -0.39 is 0 Å². The highest BCUT2D eigenvalue weighted by Gasteiger charge is 2.23. The third-order valence-electron chi connectivity index (χ3n) is 4.67. The first-order chi connectivity index (χ1) is 11.7. The van der Waals surface area contributed by atoms with E-state index >= 15 is 0 Å². The lowest BCUT2D eigenvalue weighted by molar-refractivity contribution is -0.134. The molecule has 1 atom stereocenters. The van der Waals surface area contributed by atoms with Crippen LogP contribution in [-0.4, -0.2) is 67.7 Å². The van der Waals surface area contributed by atoms with Crippen LogP contribution in [0.3, 0.4) is 0 Å². The normalized spacial score (nSPS) is 23.0. The SMILES string of the molecule is O=C(CC1CNCCO1)N1CCCN(Cc2ccc(F)cc2)CC1. The molecule has 0 spiro atoms. The number of hydrogen-bond donors (Lipinski definition) is 1. The van der Waals surface area contributed by atoms with Crippen LogP contribution >= 0.6 is 0 Å². The highest BCUT2D eigenvalue weighted by atomic mass is 19.1. The molecule has 1 aromatic rings. The van der Waals surface area contributed by atoms with Crippen molar-refractivity contribution in [2.45, 2.75) is 25.5 Å². The van der Waals surface area contributed by atoms with E-state index in [-0.39, 0.29) is 17.8 Å². The first-order valence-corrected chi connectivity index (χ1v) is 8.77. The average molecular weight is 335 g/mol. The van der Waals surface area contributed by atoms with Gasteiger partial charge in [0.25, 0.3) is 0 Å². The molecule has 3 rings (SSSR count). The lowest BCUT2D eigenvalue weighted by Gasteiger charge is -2.27. The number of carbonyl (C=O) groups is 1. The fourth-order valence-electron chi connectivity index (χ4n) is 3.30. The zero-order valence-corrected chi connectivity index (χ0v) is 14.0. The van der Waals surface area contributed by atoms with Crippen LogP contribution in [0.2, 0.25) is 0 Å². The van der Waals surface area contributed by atoms with Crippen LogP contribution in [0, 0.1) is 5.82 Å². The molecule has 2 saturated heterocycles. The Kier molecular flexibility index (Phi) is 6.18. The summed E-state index contributed by atoms with van der Waals surface area (Å²) >= 11 is 0. The fourth-order valence-corrected chi connectivity index (χ4v) is 3.30. The number of halogens is 1. The molecule has 1 unspecified atom stereocenters. The molecule has 2 aliphatic rings. The highest BCUT2D eigenvalue weighted by molar-refractivity contribution is 5.76. The lowest BCUT2D eigenvalue weighted by Crippen LogP contribution is -2.43. The second kappa shape index (κ2) is 8.55. The van der Waals surface area contributed by atoms with E-state index in [1.54, 1.807) is 0 Å². The molecule has 1 aromatic carbocycles. The van der Waals surface area contributed by atoms with Crippen molar-refractivity contribution in [3.63, 3.8) is 0 Å². The molecule has 1 amide bonds. The van der Waals surface area contributed by atoms with Crippen LogP contribution < -0.4 is 5.32 Å². The van der Waals surface area contributed by atoms with Gasteiger partial charge in [-0.3, -0.25) is 9.69 Å². The van der Waals surface area contributed by atoms with E-state index in [0.717, 1.165) is 57.8 Å². The second-order valence-corrected chi connectivity index (χ2v) is 6.54. The Hall–Kier alpha value is -1.50. The summed E-state index contributed by atoms with van der Waals surface area (Å²) in [6.07, 6.45) is 1.44. The predicted octanol–water partition coefficient (Wildman–Crippen LogP) is 1.24. The topological polar surface area (TPSA) is 44.8 Å². The number of nitrogens with zero attached hydrogens (tertiary/aromatic N) is 2. The zero-order chi connectivity index (χ0) is 16.8. The average Bonchev–Trinajstić information content (AvgIpc) is 2.83. The van der Waals surface area contributed by atoms with Crippen LogP contribution in [0.4, 0.5) is 4.39 Å². The molecule has 2 heterocycles. The number of carbonyl (C=O) groups excluding carboxylic acids is 1. The maximum absolute atomic E-state index is 13.0. The first kappa shape index (κ1) is 17.3. The molecule has 2 fully saturated rings. The van der Waals surface area contributed by atoms with Crippen molar-refractivity contribution in [1.82, 2.24) is 15.1 Å². The third-order valence-corrected chi connectivity index (χ3v) is 4.67. The number of hydrogen-bond acceptors (Lipinski definition) is 4. The van der Waals surface area contributed by atoms with Gasteiger partial charge in [0.15, 0.2) is 0 Å². The van der Waals surface area contributed by atoms with Gasteiger partial charge in [-0.1, -0.05) is 12.1 Å². The predicted molar refractivity (Wildman–Crippen MR) is 90.1 cm³/mol. The Labute approximate surface area is 142 Å². The summed E-state index contributed by atoms with van der Waals surface area (Å²) < 4.78 is 18.6. The molecule has 0 bridgehead atoms. The summed E-state index contributed by atoms with van der Waals surface area (Å²) in [4.78, 5) is 16.8. The van der Waals surface area contributed by atoms with Gasteiger partial charge in [-0.05, 0) is 24.1 Å². The van der Waals surface area contributed by atoms with E-state index in [1.807, 2.05) is 17.0 Å². The Morgan fingerprint density at radius 1 is 1.21 bits per heavy atom. The fraction of sp³-hybridized carbons (Fsp3) is 0.611. The second-order valence-electron chi connectivity index (χ2n) is 6.54. The van der Waals surface area contributed by atoms with Crippen LogP contribution in [0.25, 0.3) is 0 Å². The molecule has 0 saturated carbocycles. The minimum absolute atomic E-state index is 0.00446. The summed E-state index contributed by atoms with van der Waals surface area (Å²) in [6, 6.07) is 6.66. The minimum Gasteiger partial charge on any atom is -0.375 e. The number of ether oxygens (including phenoxy) is 1. The number of amides is 1. The van der Waals surface area contributed by atoms with Crippen LogP contribution in [0.15, 0.2) is 24.3 Å². The van der Waals surface area contributed by atoms with Gasteiger partial charge in [0, 0.05) is 45.8 Å². The summed E-state index contributed by atoms with van der Waals surface area (Å²) in [5.41, 5.74) is 1.11. The van der Waals surface area contributed by atoms with Gasteiger partial charge in [-0.2, -0.15) is 0 Å². The molecular weight excluding hydrogens is 309 g/mol.